The van der Waals surface area contributed by atoms with Crippen LogP contribution >= 0.6 is 11.8 Å². The van der Waals surface area contributed by atoms with Gasteiger partial charge in [0.15, 0.2) is 6.29 Å². The Hall–Kier alpha value is -1.41. The standard InChI is InChI=1S/C32H46O5S/c1-7-9-18-33-28-27-25(21-35-30(37-27)23-14-12-11-13-15-23)36-31(29(28)34-19-10-8-2)38-26-20-24(32(4,5)6)17-16-22(26)3/h11-17,20,25,27-31H,7-10,18-19,21H2,1-6H3/t25?,27-,28?,29+,30?,31+/m1/s1. The molecule has 6 atom stereocenters. The van der Waals surface area contributed by atoms with Crippen molar-refractivity contribution < 1.29 is 23.7 Å². The molecule has 210 valence electrons. The highest BCUT2D eigenvalue weighted by Crippen LogP contribution is 2.42. The van der Waals surface area contributed by atoms with E-state index in [-0.39, 0.29) is 35.3 Å². The third-order valence-electron chi connectivity index (χ3n) is 7.27. The maximum atomic E-state index is 6.75. The molecular weight excluding hydrogens is 496 g/mol. The van der Waals surface area contributed by atoms with Crippen molar-refractivity contribution in [1.29, 1.82) is 0 Å². The molecule has 2 aromatic carbocycles. The maximum absolute atomic E-state index is 6.75. The Labute approximate surface area is 233 Å². The number of ether oxygens (including phenoxy) is 5. The lowest BCUT2D eigenvalue weighted by Gasteiger charge is -2.49. The van der Waals surface area contributed by atoms with E-state index in [9.17, 15) is 0 Å². The predicted octanol–water partition coefficient (Wildman–Crippen LogP) is 7.59. The zero-order valence-corrected chi connectivity index (χ0v) is 24.8. The number of thioether (sulfide) groups is 1. The molecule has 0 N–H and O–H groups in total. The van der Waals surface area contributed by atoms with E-state index in [0.717, 1.165) is 31.2 Å². The summed E-state index contributed by atoms with van der Waals surface area (Å²) in [6.45, 7) is 15.1. The van der Waals surface area contributed by atoms with Crippen molar-refractivity contribution in [2.45, 2.75) is 114 Å². The van der Waals surface area contributed by atoms with E-state index in [4.69, 9.17) is 23.7 Å². The molecule has 5 nitrogen and oxygen atoms in total. The largest absolute Gasteiger partial charge is 0.373 e. The molecule has 2 heterocycles. The highest BCUT2D eigenvalue weighted by atomic mass is 32.2. The van der Waals surface area contributed by atoms with Gasteiger partial charge >= 0.3 is 0 Å². The highest BCUT2D eigenvalue weighted by Gasteiger charge is 2.51. The lowest BCUT2D eigenvalue weighted by molar-refractivity contribution is -0.327. The summed E-state index contributed by atoms with van der Waals surface area (Å²) in [4.78, 5) is 1.22. The first-order chi connectivity index (χ1) is 18.3. The van der Waals surface area contributed by atoms with Crippen LogP contribution in [0.3, 0.4) is 0 Å². The minimum Gasteiger partial charge on any atom is -0.373 e. The molecule has 2 saturated heterocycles. The van der Waals surface area contributed by atoms with Crippen molar-refractivity contribution in [3.05, 3.63) is 65.2 Å². The molecular formula is C32H46O5S. The van der Waals surface area contributed by atoms with Gasteiger partial charge in [0, 0.05) is 23.7 Å². The first-order valence-electron chi connectivity index (χ1n) is 14.3. The van der Waals surface area contributed by atoms with Crippen molar-refractivity contribution in [3.8, 4) is 0 Å². The Balaban J connectivity index is 1.62. The van der Waals surface area contributed by atoms with Crippen LogP contribution in [-0.4, -0.2) is 49.7 Å². The minimum atomic E-state index is -0.440. The summed E-state index contributed by atoms with van der Waals surface area (Å²) in [5.41, 5.74) is 3.40. The Bertz CT molecular complexity index is 991. The van der Waals surface area contributed by atoms with Crippen LogP contribution in [0.25, 0.3) is 0 Å². The first-order valence-corrected chi connectivity index (χ1v) is 15.2. The third kappa shape index (κ3) is 7.41. The summed E-state index contributed by atoms with van der Waals surface area (Å²) in [6, 6.07) is 16.9. The van der Waals surface area contributed by atoms with Crippen LogP contribution in [0.4, 0.5) is 0 Å². The van der Waals surface area contributed by atoms with E-state index in [1.54, 1.807) is 11.8 Å². The second-order valence-corrected chi connectivity index (χ2v) is 12.6. The fourth-order valence-corrected chi connectivity index (χ4v) is 6.10. The van der Waals surface area contributed by atoms with Crippen LogP contribution in [-0.2, 0) is 29.1 Å². The van der Waals surface area contributed by atoms with Gasteiger partial charge in [-0.05, 0) is 42.4 Å². The fraction of sp³-hybridized carbons (Fsp3) is 0.625. The maximum Gasteiger partial charge on any atom is 0.184 e. The molecule has 0 radical (unpaired) electrons. The molecule has 0 aliphatic carbocycles. The summed E-state index contributed by atoms with van der Waals surface area (Å²) < 4.78 is 32.7. The quantitative estimate of drug-likeness (QED) is 0.273. The molecule has 38 heavy (non-hydrogen) atoms. The van der Waals surface area contributed by atoms with Crippen LogP contribution in [0.5, 0.6) is 0 Å². The molecule has 2 aromatic rings. The molecule has 2 aliphatic heterocycles. The van der Waals surface area contributed by atoms with Crippen molar-refractivity contribution in [1.82, 2.24) is 0 Å². The number of fused-ring (bicyclic) bond motifs is 1. The predicted molar refractivity (Wildman–Crippen MR) is 154 cm³/mol. The summed E-state index contributed by atoms with van der Waals surface area (Å²) >= 11 is 1.75. The second kappa shape index (κ2) is 13.8. The third-order valence-corrected chi connectivity index (χ3v) is 8.57. The summed E-state index contributed by atoms with van der Waals surface area (Å²) in [6.07, 6.45) is 2.72. The van der Waals surface area contributed by atoms with Crippen LogP contribution in [0, 0.1) is 6.92 Å². The number of hydrogen-bond acceptors (Lipinski definition) is 6. The topological polar surface area (TPSA) is 46.2 Å². The smallest absolute Gasteiger partial charge is 0.184 e. The van der Waals surface area contributed by atoms with Gasteiger partial charge in [-0.3, -0.25) is 0 Å². The SMILES string of the molecule is CCCCOC1[C@@H]2OC(c3ccccc3)OCC2O[C@@H](Sc2cc(C(C)(C)C)ccc2C)[C@H]1OCCCC. The first kappa shape index (κ1) is 29.6. The second-order valence-electron chi connectivity index (χ2n) is 11.4. The fourth-order valence-electron chi connectivity index (χ4n) is 4.83. The minimum absolute atomic E-state index is 0.0713. The van der Waals surface area contributed by atoms with Crippen molar-refractivity contribution in [2.75, 3.05) is 19.8 Å². The van der Waals surface area contributed by atoms with Gasteiger partial charge in [-0.25, -0.2) is 0 Å². The van der Waals surface area contributed by atoms with Gasteiger partial charge in [0.2, 0.25) is 0 Å². The van der Waals surface area contributed by atoms with Gasteiger partial charge in [-0.1, -0.05) is 102 Å². The van der Waals surface area contributed by atoms with E-state index >= 15 is 0 Å². The van der Waals surface area contributed by atoms with E-state index < -0.39 is 6.29 Å². The van der Waals surface area contributed by atoms with Crippen LogP contribution in [0.15, 0.2) is 53.4 Å². The Kier molecular flexibility index (Phi) is 10.7. The molecule has 4 rings (SSSR count). The number of benzene rings is 2. The Morgan fingerprint density at radius 3 is 2.24 bits per heavy atom. The molecule has 0 amide bonds. The number of aryl methyl sites for hydroxylation is 1. The molecule has 3 unspecified atom stereocenters. The molecule has 2 aliphatic rings. The summed E-state index contributed by atoms with van der Waals surface area (Å²) in [7, 11) is 0. The van der Waals surface area contributed by atoms with Gasteiger partial charge in [-0.2, -0.15) is 0 Å². The van der Waals surface area contributed by atoms with Crippen LogP contribution in [0.1, 0.15) is 83.3 Å². The van der Waals surface area contributed by atoms with Crippen LogP contribution in [0.2, 0.25) is 0 Å². The van der Waals surface area contributed by atoms with E-state index in [1.165, 1.54) is 16.0 Å². The molecule has 0 saturated carbocycles. The molecule has 6 heteroatoms. The molecule has 0 aromatic heterocycles. The molecule has 0 spiro atoms. The zero-order chi connectivity index (χ0) is 27.1. The van der Waals surface area contributed by atoms with Gasteiger partial charge in [0.25, 0.3) is 0 Å². The van der Waals surface area contributed by atoms with Gasteiger partial charge in [-0.15, -0.1) is 0 Å². The Morgan fingerprint density at radius 2 is 1.58 bits per heavy atom. The summed E-state index contributed by atoms with van der Waals surface area (Å²) in [5, 5.41) is 0. The van der Waals surface area contributed by atoms with E-state index in [0.29, 0.717) is 19.8 Å². The van der Waals surface area contributed by atoms with E-state index in [1.807, 2.05) is 30.3 Å². The van der Waals surface area contributed by atoms with Crippen molar-refractivity contribution in [2.24, 2.45) is 0 Å². The number of unbranched alkanes of at least 4 members (excludes halogenated alkanes) is 2. The normalized spacial score (nSPS) is 27.7. The number of hydrogen-bond donors (Lipinski definition) is 0. The average molecular weight is 543 g/mol. The monoisotopic (exact) mass is 542 g/mol. The van der Waals surface area contributed by atoms with Gasteiger partial charge in [0.1, 0.15) is 29.9 Å². The molecule has 2 fully saturated rings. The zero-order valence-electron chi connectivity index (χ0n) is 24.0. The summed E-state index contributed by atoms with van der Waals surface area (Å²) in [5.74, 6) is 0. The van der Waals surface area contributed by atoms with Crippen molar-refractivity contribution >= 4 is 11.8 Å². The van der Waals surface area contributed by atoms with Crippen molar-refractivity contribution in [3.63, 3.8) is 0 Å². The highest BCUT2D eigenvalue weighted by molar-refractivity contribution is 7.99. The average Bonchev–Trinajstić information content (AvgIpc) is 2.91. The van der Waals surface area contributed by atoms with E-state index in [2.05, 4.69) is 59.7 Å². The molecule has 0 bridgehead atoms. The lowest BCUT2D eigenvalue weighted by atomic mass is 9.87. The number of rotatable bonds is 11. The van der Waals surface area contributed by atoms with Crippen LogP contribution < -0.4 is 0 Å². The van der Waals surface area contributed by atoms with Gasteiger partial charge in [0.05, 0.1) is 6.61 Å². The lowest BCUT2D eigenvalue weighted by Crippen LogP contribution is -2.62. The Morgan fingerprint density at radius 1 is 0.895 bits per heavy atom. The van der Waals surface area contributed by atoms with Gasteiger partial charge < -0.3 is 23.7 Å².